The molecule has 1 saturated heterocycles. The van der Waals surface area contributed by atoms with E-state index in [4.69, 9.17) is 24.2 Å². The highest BCUT2D eigenvalue weighted by Crippen LogP contribution is 2.23. The molecule has 11 heteroatoms. The van der Waals surface area contributed by atoms with Crippen LogP contribution in [0.5, 0.6) is 0 Å². The van der Waals surface area contributed by atoms with Crippen LogP contribution in [-0.2, 0) is 14.4 Å². The molecule has 4 rings (SSSR count). The number of furan rings is 1. The molecule has 0 aliphatic carbocycles. The van der Waals surface area contributed by atoms with Crippen molar-refractivity contribution in [3.63, 3.8) is 0 Å². The van der Waals surface area contributed by atoms with Crippen molar-refractivity contribution in [3.05, 3.63) is 60.2 Å². The third-order valence-corrected chi connectivity index (χ3v) is 5.06. The summed E-state index contributed by atoms with van der Waals surface area (Å²) in [5.74, 6) is -3.47. The van der Waals surface area contributed by atoms with Gasteiger partial charge in [-0.25, -0.2) is 9.59 Å². The molecule has 3 aromatic rings. The Morgan fingerprint density at radius 1 is 1.00 bits per heavy atom. The monoisotopic (exact) mass is 468 g/mol. The number of aromatic nitrogens is 1. The van der Waals surface area contributed by atoms with Crippen LogP contribution in [0.4, 0.5) is 5.69 Å². The molecule has 2 amide bonds. The third kappa shape index (κ3) is 6.39. The standard InChI is InChI=1S/C21H22N4O3.C2H2O4/c1-15-13-18(16-5-2-3-6-17(16)22-15)23-20(26)14-24-8-10-25(11-9-24)21(27)19-7-4-12-28-19;3-1(4)2(5)6/h2-7,12-13H,8-11,14H2,1H3,(H,22,23,26);(H,3,4)(H,5,6). The molecule has 11 nitrogen and oxygen atoms in total. The largest absolute Gasteiger partial charge is 0.473 e. The molecule has 34 heavy (non-hydrogen) atoms. The molecular formula is C23H24N4O7. The maximum Gasteiger partial charge on any atom is 0.414 e. The average molecular weight is 468 g/mol. The van der Waals surface area contributed by atoms with Crippen molar-refractivity contribution in [3.8, 4) is 0 Å². The lowest BCUT2D eigenvalue weighted by molar-refractivity contribution is -0.159. The fourth-order valence-corrected chi connectivity index (χ4v) is 3.47. The van der Waals surface area contributed by atoms with Crippen LogP contribution in [0.3, 0.4) is 0 Å². The molecule has 1 aliphatic rings. The highest BCUT2D eigenvalue weighted by Gasteiger charge is 2.24. The number of fused-ring (bicyclic) bond motifs is 1. The maximum absolute atomic E-state index is 12.6. The lowest BCUT2D eigenvalue weighted by atomic mass is 10.1. The highest BCUT2D eigenvalue weighted by atomic mass is 16.4. The molecule has 178 valence electrons. The molecule has 0 spiro atoms. The van der Waals surface area contributed by atoms with Gasteiger partial charge in [0.1, 0.15) is 0 Å². The number of carboxylic acid groups (broad SMARTS) is 2. The Bertz CT molecular complexity index is 1170. The number of nitrogens with one attached hydrogen (secondary N) is 1. The van der Waals surface area contributed by atoms with Gasteiger partial charge < -0.3 is 24.8 Å². The van der Waals surface area contributed by atoms with Crippen molar-refractivity contribution >= 4 is 40.3 Å². The summed E-state index contributed by atoms with van der Waals surface area (Å²) in [7, 11) is 0. The van der Waals surface area contributed by atoms with Gasteiger partial charge in [0.25, 0.3) is 5.91 Å². The van der Waals surface area contributed by atoms with Crippen LogP contribution in [0.25, 0.3) is 10.9 Å². The van der Waals surface area contributed by atoms with Gasteiger partial charge in [0.15, 0.2) is 5.76 Å². The van der Waals surface area contributed by atoms with E-state index in [1.807, 2.05) is 37.3 Å². The highest BCUT2D eigenvalue weighted by molar-refractivity contribution is 6.27. The fraction of sp³-hybridized carbons (Fsp3) is 0.261. The summed E-state index contributed by atoms with van der Waals surface area (Å²) in [6, 6.07) is 13.0. The van der Waals surface area contributed by atoms with Crippen LogP contribution in [-0.4, -0.2) is 81.5 Å². The number of amides is 2. The number of benzene rings is 1. The molecule has 0 radical (unpaired) electrons. The molecule has 0 bridgehead atoms. The summed E-state index contributed by atoms with van der Waals surface area (Å²) < 4.78 is 5.18. The van der Waals surface area contributed by atoms with E-state index < -0.39 is 11.9 Å². The Balaban J connectivity index is 0.000000481. The molecule has 2 aromatic heterocycles. The van der Waals surface area contributed by atoms with Gasteiger partial charge in [0.2, 0.25) is 5.91 Å². The second-order valence-electron chi connectivity index (χ2n) is 7.53. The van der Waals surface area contributed by atoms with Crippen LogP contribution >= 0.6 is 0 Å². The quantitative estimate of drug-likeness (QED) is 0.485. The van der Waals surface area contributed by atoms with E-state index in [0.717, 1.165) is 22.3 Å². The Morgan fingerprint density at radius 3 is 2.29 bits per heavy atom. The van der Waals surface area contributed by atoms with Gasteiger partial charge in [0, 0.05) is 37.3 Å². The predicted octanol–water partition coefficient (Wildman–Crippen LogP) is 1.69. The van der Waals surface area contributed by atoms with Crippen molar-refractivity contribution in [2.75, 3.05) is 38.0 Å². The number of piperazine rings is 1. The van der Waals surface area contributed by atoms with E-state index in [9.17, 15) is 9.59 Å². The molecule has 1 aromatic carbocycles. The van der Waals surface area contributed by atoms with Crippen LogP contribution in [0.2, 0.25) is 0 Å². The minimum atomic E-state index is -1.82. The topological polar surface area (TPSA) is 153 Å². The minimum Gasteiger partial charge on any atom is -0.473 e. The number of aryl methyl sites for hydroxylation is 1. The number of pyridine rings is 1. The summed E-state index contributed by atoms with van der Waals surface area (Å²) in [6.07, 6.45) is 1.50. The summed E-state index contributed by atoms with van der Waals surface area (Å²) in [5.41, 5.74) is 2.50. The minimum absolute atomic E-state index is 0.0680. The molecule has 3 N–H and O–H groups in total. The second kappa shape index (κ2) is 11.1. The number of rotatable bonds is 4. The first-order chi connectivity index (χ1) is 16.2. The van der Waals surface area contributed by atoms with E-state index in [0.29, 0.717) is 38.5 Å². The molecule has 1 fully saturated rings. The summed E-state index contributed by atoms with van der Waals surface area (Å²) in [4.78, 5) is 51.4. The van der Waals surface area contributed by atoms with Gasteiger partial charge in [-0.05, 0) is 31.2 Å². The molecule has 0 atom stereocenters. The van der Waals surface area contributed by atoms with Crippen molar-refractivity contribution in [2.24, 2.45) is 0 Å². The van der Waals surface area contributed by atoms with Crippen molar-refractivity contribution in [2.45, 2.75) is 6.92 Å². The van der Waals surface area contributed by atoms with Crippen molar-refractivity contribution < 1.29 is 33.8 Å². The lowest BCUT2D eigenvalue weighted by Crippen LogP contribution is -2.50. The van der Waals surface area contributed by atoms with Gasteiger partial charge in [-0.3, -0.25) is 19.5 Å². The number of para-hydroxylation sites is 1. The van der Waals surface area contributed by atoms with E-state index in [-0.39, 0.29) is 11.8 Å². The van der Waals surface area contributed by atoms with E-state index >= 15 is 0 Å². The SMILES string of the molecule is Cc1cc(NC(=O)CN2CCN(C(=O)c3ccco3)CC2)c2ccccc2n1.O=C(O)C(=O)O. The smallest absolute Gasteiger partial charge is 0.414 e. The summed E-state index contributed by atoms with van der Waals surface area (Å²) >= 11 is 0. The van der Waals surface area contributed by atoms with Crippen LogP contribution in [0.15, 0.2) is 53.1 Å². The summed E-state index contributed by atoms with van der Waals surface area (Å²) in [6.45, 7) is 4.65. The normalized spacial score (nSPS) is 13.6. The Kier molecular flexibility index (Phi) is 7.93. The Labute approximate surface area is 194 Å². The Hall–Kier alpha value is -4.25. The second-order valence-corrected chi connectivity index (χ2v) is 7.53. The van der Waals surface area contributed by atoms with Gasteiger partial charge >= 0.3 is 11.9 Å². The summed E-state index contributed by atoms with van der Waals surface area (Å²) in [5, 5.41) is 18.7. The van der Waals surface area contributed by atoms with Gasteiger partial charge in [-0.2, -0.15) is 0 Å². The number of hydrogen-bond donors (Lipinski definition) is 3. The number of anilines is 1. The zero-order valence-corrected chi connectivity index (χ0v) is 18.4. The van der Waals surface area contributed by atoms with Crippen LogP contribution < -0.4 is 5.32 Å². The number of hydrogen-bond acceptors (Lipinski definition) is 7. The van der Waals surface area contributed by atoms with Gasteiger partial charge in [-0.15, -0.1) is 0 Å². The predicted molar refractivity (Wildman–Crippen MR) is 121 cm³/mol. The molecular weight excluding hydrogens is 444 g/mol. The van der Waals surface area contributed by atoms with Crippen LogP contribution in [0, 0.1) is 6.92 Å². The fourth-order valence-electron chi connectivity index (χ4n) is 3.47. The molecule has 1 aliphatic heterocycles. The zero-order chi connectivity index (χ0) is 24.7. The van der Waals surface area contributed by atoms with E-state index in [1.165, 1.54) is 6.26 Å². The zero-order valence-electron chi connectivity index (χ0n) is 18.4. The van der Waals surface area contributed by atoms with Crippen molar-refractivity contribution in [1.29, 1.82) is 0 Å². The van der Waals surface area contributed by atoms with Crippen LogP contribution in [0.1, 0.15) is 16.2 Å². The Morgan fingerprint density at radius 2 is 1.68 bits per heavy atom. The first-order valence-corrected chi connectivity index (χ1v) is 10.4. The first kappa shape index (κ1) is 24.4. The maximum atomic E-state index is 12.6. The number of aliphatic carboxylic acids is 2. The number of carbonyl (C=O) groups excluding carboxylic acids is 2. The van der Waals surface area contributed by atoms with Gasteiger partial charge in [0.05, 0.1) is 24.0 Å². The molecule has 3 heterocycles. The number of carboxylic acids is 2. The lowest BCUT2D eigenvalue weighted by Gasteiger charge is -2.33. The van der Waals surface area contributed by atoms with E-state index in [1.54, 1.807) is 17.0 Å². The third-order valence-electron chi connectivity index (χ3n) is 5.06. The number of carbonyl (C=O) groups is 4. The van der Waals surface area contributed by atoms with Crippen molar-refractivity contribution in [1.82, 2.24) is 14.8 Å². The molecule has 0 unspecified atom stereocenters. The van der Waals surface area contributed by atoms with E-state index in [2.05, 4.69) is 15.2 Å². The first-order valence-electron chi connectivity index (χ1n) is 10.4. The average Bonchev–Trinajstić information content (AvgIpc) is 3.34. The van der Waals surface area contributed by atoms with Gasteiger partial charge in [-0.1, -0.05) is 18.2 Å². The molecule has 0 saturated carbocycles. The number of nitrogens with zero attached hydrogens (tertiary/aromatic N) is 3.